The van der Waals surface area contributed by atoms with E-state index in [9.17, 15) is 0 Å². The summed E-state index contributed by atoms with van der Waals surface area (Å²) in [5.41, 5.74) is 5.60. The van der Waals surface area contributed by atoms with Crippen LogP contribution in [0, 0.1) is 0 Å². The Kier molecular flexibility index (Phi) is 6.06. The van der Waals surface area contributed by atoms with Gasteiger partial charge in [0, 0.05) is 11.3 Å². The highest BCUT2D eigenvalue weighted by Gasteiger charge is 2.14. The first-order chi connectivity index (χ1) is 5.12. The molecule has 0 aliphatic heterocycles. The van der Waals surface area contributed by atoms with E-state index in [1.54, 1.807) is 0 Å². The van der Waals surface area contributed by atoms with Gasteiger partial charge in [-0.05, 0) is 26.0 Å². The Bertz CT molecular complexity index is 91.6. The van der Waals surface area contributed by atoms with Crippen LogP contribution < -0.4 is 5.73 Å². The van der Waals surface area contributed by atoms with E-state index in [0.717, 1.165) is 6.54 Å². The van der Waals surface area contributed by atoms with Crippen molar-refractivity contribution in [3.63, 3.8) is 0 Å². The zero-order valence-corrected chi connectivity index (χ0v) is 8.84. The minimum atomic E-state index is 0.285. The highest BCUT2D eigenvalue weighted by Crippen LogP contribution is 2.23. The zero-order chi connectivity index (χ0) is 8.74. The first kappa shape index (κ1) is 11.3. The highest BCUT2D eigenvalue weighted by molar-refractivity contribution is 8.00. The van der Waals surface area contributed by atoms with Crippen LogP contribution in [-0.2, 0) is 0 Å². The second-order valence-corrected chi connectivity index (χ2v) is 5.32. The molecule has 0 amide bonds. The summed E-state index contributed by atoms with van der Waals surface area (Å²) in [6.07, 6.45) is 4.00. The first-order valence-electron chi connectivity index (χ1n) is 4.46. The van der Waals surface area contributed by atoms with Crippen molar-refractivity contribution in [2.24, 2.45) is 5.73 Å². The van der Waals surface area contributed by atoms with E-state index in [1.165, 1.54) is 25.0 Å². The van der Waals surface area contributed by atoms with E-state index in [-0.39, 0.29) is 4.75 Å². The zero-order valence-electron chi connectivity index (χ0n) is 8.02. The summed E-state index contributed by atoms with van der Waals surface area (Å²) in [6, 6.07) is 0. The molecular formula is C9H21NS. The van der Waals surface area contributed by atoms with Gasteiger partial charge in [-0.25, -0.2) is 0 Å². The SMILES string of the molecule is CCCCCSC(C)(C)CN. The molecule has 0 aliphatic carbocycles. The van der Waals surface area contributed by atoms with E-state index in [2.05, 4.69) is 20.8 Å². The van der Waals surface area contributed by atoms with E-state index in [0.29, 0.717) is 0 Å². The van der Waals surface area contributed by atoms with E-state index < -0.39 is 0 Å². The average molecular weight is 175 g/mol. The van der Waals surface area contributed by atoms with Gasteiger partial charge in [0.15, 0.2) is 0 Å². The molecule has 2 heteroatoms. The van der Waals surface area contributed by atoms with Gasteiger partial charge in [0.2, 0.25) is 0 Å². The number of unbranched alkanes of at least 4 members (excludes halogenated alkanes) is 2. The predicted molar refractivity (Wildman–Crippen MR) is 55.1 cm³/mol. The quantitative estimate of drug-likeness (QED) is 0.628. The fraction of sp³-hybridized carbons (Fsp3) is 1.00. The van der Waals surface area contributed by atoms with Gasteiger partial charge in [0.1, 0.15) is 0 Å². The van der Waals surface area contributed by atoms with Crippen LogP contribution in [0.5, 0.6) is 0 Å². The van der Waals surface area contributed by atoms with Crippen LogP contribution in [0.1, 0.15) is 40.0 Å². The van der Waals surface area contributed by atoms with E-state index >= 15 is 0 Å². The minimum Gasteiger partial charge on any atom is -0.329 e. The highest BCUT2D eigenvalue weighted by atomic mass is 32.2. The maximum Gasteiger partial charge on any atom is 0.0225 e. The summed E-state index contributed by atoms with van der Waals surface area (Å²) in [5.74, 6) is 1.26. The van der Waals surface area contributed by atoms with Crippen LogP contribution >= 0.6 is 11.8 Å². The van der Waals surface area contributed by atoms with E-state index in [1.807, 2.05) is 11.8 Å². The monoisotopic (exact) mass is 175 g/mol. The van der Waals surface area contributed by atoms with Crippen LogP contribution in [0.25, 0.3) is 0 Å². The second-order valence-electron chi connectivity index (χ2n) is 3.52. The molecule has 0 unspecified atom stereocenters. The summed E-state index contributed by atoms with van der Waals surface area (Å²) in [5, 5.41) is 0. The average Bonchev–Trinajstić information content (AvgIpc) is 1.99. The van der Waals surface area contributed by atoms with Gasteiger partial charge in [-0.15, -0.1) is 0 Å². The summed E-state index contributed by atoms with van der Waals surface area (Å²) in [4.78, 5) is 0. The topological polar surface area (TPSA) is 26.0 Å². The van der Waals surface area contributed by atoms with Gasteiger partial charge in [-0.3, -0.25) is 0 Å². The lowest BCUT2D eigenvalue weighted by Gasteiger charge is -2.21. The molecule has 0 aromatic heterocycles. The fourth-order valence-electron chi connectivity index (χ4n) is 0.759. The van der Waals surface area contributed by atoms with Crippen LogP contribution in [0.4, 0.5) is 0 Å². The van der Waals surface area contributed by atoms with Crippen LogP contribution in [-0.4, -0.2) is 17.0 Å². The van der Waals surface area contributed by atoms with Crippen LogP contribution in [0.2, 0.25) is 0 Å². The lowest BCUT2D eigenvalue weighted by molar-refractivity contribution is 0.715. The molecule has 0 radical (unpaired) electrons. The summed E-state index contributed by atoms with van der Waals surface area (Å²) < 4.78 is 0.285. The molecule has 0 bridgehead atoms. The minimum absolute atomic E-state index is 0.285. The van der Waals surface area contributed by atoms with Crippen LogP contribution in [0.3, 0.4) is 0 Å². The molecule has 0 aliphatic rings. The van der Waals surface area contributed by atoms with Crippen LogP contribution in [0.15, 0.2) is 0 Å². The van der Waals surface area contributed by atoms with Crippen molar-refractivity contribution >= 4 is 11.8 Å². The van der Waals surface area contributed by atoms with E-state index in [4.69, 9.17) is 5.73 Å². The summed E-state index contributed by atoms with van der Waals surface area (Å²) >= 11 is 1.99. The van der Waals surface area contributed by atoms with Crippen molar-refractivity contribution in [2.45, 2.75) is 44.8 Å². The van der Waals surface area contributed by atoms with Crippen molar-refractivity contribution in [1.82, 2.24) is 0 Å². The summed E-state index contributed by atoms with van der Waals surface area (Å²) in [6.45, 7) is 7.44. The molecule has 0 saturated carbocycles. The van der Waals surface area contributed by atoms with Crippen molar-refractivity contribution in [3.8, 4) is 0 Å². The standard InChI is InChI=1S/C9H21NS/c1-4-5-6-7-11-9(2,3)8-10/h4-8,10H2,1-3H3. The normalized spacial score (nSPS) is 12.0. The first-order valence-corrected chi connectivity index (χ1v) is 5.45. The largest absolute Gasteiger partial charge is 0.329 e. The van der Waals surface area contributed by atoms with Crippen molar-refractivity contribution in [2.75, 3.05) is 12.3 Å². The molecule has 0 heterocycles. The molecule has 0 aromatic carbocycles. The van der Waals surface area contributed by atoms with Gasteiger partial charge in [-0.2, -0.15) is 11.8 Å². The number of hydrogen-bond acceptors (Lipinski definition) is 2. The molecule has 1 nitrogen and oxygen atoms in total. The number of hydrogen-bond donors (Lipinski definition) is 1. The number of nitrogens with two attached hydrogens (primary N) is 1. The molecular weight excluding hydrogens is 154 g/mol. The van der Waals surface area contributed by atoms with Gasteiger partial charge < -0.3 is 5.73 Å². The Balaban J connectivity index is 3.23. The van der Waals surface area contributed by atoms with Gasteiger partial charge in [0.25, 0.3) is 0 Å². The Morgan fingerprint density at radius 2 is 1.91 bits per heavy atom. The lowest BCUT2D eigenvalue weighted by Crippen LogP contribution is -2.27. The van der Waals surface area contributed by atoms with Gasteiger partial charge >= 0.3 is 0 Å². The Morgan fingerprint density at radius 3 is 2.36 bits per heavy atom. The molecule has 11 heavy (non-hydrogen) atoms. The molecule has 0 saturated heterocycles. The Hall–Kier alpha value is 0.310. The molecule has 0 atom stereocenters. The third kappa shape index (κ3) is 6.70. The predicted octanol–water partition coefficient (Wildman–Crippen LogP) is 2.65. The maximum atomic E-state index is 5.60. The molecule has 0 aromatic rings. The number of rotatable bonds is 6. The molecule has 68 valence electrons. The smallest absolute Gasteiger partial charge is 0.0225 e. The third-order valence-electron chi connectivity index (χ3n) is 1.73. The van der Waals surface area contributed by atoms with Gasteiger partial charge in [0.05, 0.1) is 0 Å². The van der Waals surface area contributed by atoms with Gasteiger partial charge in [-0.1, -0.05) is 19.8 Å². The van der Waals surface area contributed by atoms with Crippen molar-refractivity contribution in [3.05, 3.63) is 0 Å². The maximum absolute atomic E-state index is 5.60. The van der Waals surface area contributed by atoms with Crippen molar-refractivity contribution < 1.29 is 0 Å². The molecule has 0 spiro atoms. The molecule has 0 fully saturated rings. The van der Waals surface area contributed by atoms with Crippen molar-refractivity contribution in [1.29, 1.82) is 0 Å². The summed E-state index contributed by atoms with van der Waals surface area (Å²) in [7, 11) is 0. The fourth-order valence-corrected chi connectivity index (χ4v) is 1.78. The Morgan fingerprint density at radius 1 is 1.27 bits per heavy atom. The lowest BCUT2D eigenvalue weighted by atomic mass is 10.2. The second kappa shape index (κ2) is 5.90. The molecule has 0 rings (SSSR count). The number of thioether (sulfide) groups is 1. The molecule has 2 N–H and O–H groups in total. The Labute approximate surface area is 75.1 Å². The third-order valence-corrected chi connectivity index (χ3v) is 3.17.